The first-order chi connectivity index (χ1) is 15.5. The van der Waals surface area contributed by atoms with Crippen LogP contribution in [0, 0.1) is 11.9 Å². The van der Waals surface area contributed by atoms with Crippen LogP contribution in [0.1, 0.15) is 28.5 Å². The van der Waals surface area contributed by atoms with E-state index in [4.69, 9.17) is 4.74 Å². The number of likely N-dealkylation sites (tertiary alicyclic amines) is 1. The molecule has 0 radical (unpaired) electrons. The number of hydrogen-bond acceptors (Lipinski definition) is 4. The Hall–Kier alpha value is -3.74. The van der Waals surface area contributed by atoms with Gasteiger partial charge in [-0.05, 0) is 33.9 Å². The van der Waals surface area contributed by atoms with Crippen molar-refractivity contribution in [2.75, 3.05) is 19.7 Å². The Morgan fingerprint density at radius 3 is 2.25 bits per heavy atom. The maximum Gasteiger partial charge on any atom is 0.409 e. The third kappa shape index (κ3) is 3.49. The van der Waals surface area contributed by atoms with Crippen molar-refractivity contribution in [2.45, 2.75) is 11.8 Å². The van der Waals surface area contributed by atoms with Gasteiger partial charge >= 0.3 is 12.1 Å². The van der Waals surface area contributed by atoms with Gasteiger partial charge in [-0.2, -0.15) is 4.39 Å². The summed E-state index contributed by atoms with van der Waals surface area (Å²) in [5.74, 6) is -2.98. The second-order valence-electron chi connectivity index (χ2n) is 8.17. The van der Waals surface area contributed by atoms with Gasteiger partial charge in [0.15, 0.2) is 0 Å². The number of amides is 1. The van der Waals surface area contributed by atoms with Gasteiger partial charge in [-0.15, -0.1) is 0 Å². The Balaban J connectivity index is 1.32. The van der Waals surface area contributed by atoms with Crippen molar-refractivity contribution in [1.29, 1.82) is 0 Å². The average molecular weight is 432 g/mol. The largest absolute Gasteiger partial charge is 0.481 e. The minimum Gasteiger partial charge on any atom is -0.481 e. The molecule has 1 saturated heterocycles. The highest BCUT2D eigenvalue weighted by atomic mass is 19.1. The lowest BCUT2D eigenvalue weighted by molar-refractivity contribution is -0.141. The maximum atomic E-state index is 13.2. The minimum absolute atomic E-state index is 0.0358. The first kappa shape index (κ1) is 20.2. The number of ether oxygens (including phenoxy) is 1. The van der Waals surface area contributed by atoms with Crippen LogP contribution < -0.4 is 0 Å². The Kier molecular flexibility index (Phi) is 5.09. The number of carboxylic acids is 1. The summed E-state index contributed by atoms with van der Waals surface area (Å²) in [6, 6.07) is 18.9. The molecule has 2 heterocycles. The molecule has 1 fully saturated rings. The van der Waals surface area contributed by atoms with Crippen molar-refractivity contribution in [3.8, 4) is 11.1 Å². The summed E-state index contributed by atoms with van der Waals surface area (Å²) < 4.78 is 18.9. The molecule has 5 rings (SSSR count). The molecule has 0 spiro atoms. The number of hydrogen-bond donors (Lipinski definition) is 1. The standard InChI is InChI=1S/C25H21FN2O4/c26-23-10-9-15(11-27-23)20-12-28(13-21(20)24(29)30)25(31)32-14-22-18-7-3-1-5-16(18)17-6-2-4-8-19(17)22/h1-11,20-22H,12-14H2,(H,29,30). The zero-order valence-electron chi connectivity index (χ0n) is 17.1. The van der Waals surface area contributed by atoms with E-state index in [-0.39, 0.29) is 25.6 Å². The highest BCUT2D eigenvalue weighted by Gasteiger charge is 2.41. The van der Waals surface area contributed by atoms with Crippen LogP contribution in [0.3, 0.4) is 0 Å². The number of benzene rings is 2. The Bertz CT molecular complexity index is 1140. The number of carboxylic acid groups (broad SMARTS) is 1. The molecule has 0 bridgehead atoms. The summed E-state index contributed by atoms with van der Waals surface area (Å²) in [5.41, 5.74) is 5.09. The van der Waals surface area contributed by atoms with Crippen LogP contribution in [0.15, 0.2) is 66.9 Å². The van der Waals surface area contributed by atoms with Crippen LogP contribution in [0.4, 0.5) is 9.18 Å². The summed E-state index contributed by atoms with van der Waals surface area (Å²) in [7, 11) is 0. The summed E-state index contributed by atoms with van der Waals surface area (Å²) in [6.07, 6.45) is 0.785. The van der Waals surface area contributed by atoms with E-state index < -0.39 is 29.8 Å². The first-order valence-electron chi connectivity index (χ1n) is 10.5. The van der Waals surface area contributed by atoms with Gasteiger partial charge in [-0.25, -0.2) is 9.78 Å². The first-order valence-corrected chi connectivity index (χ1v) is 10.5. The molecule has 1 aliphatic heterocycles. The number of pyridine rings is 1. The van der Waals surface area contributed by atoms with Crippen molar-refractivity contribution in [1.82, 2.24) is 9.88 Å². The molecule has 2 atom stereocenters. The van der Waals surface area contributed by atoms with Gasteiger partial charge in [0, 0.05) is 31.1 Å². The summed E-state index contributed by atoms with van der Waals surface area (Å²) >= 11 is 0. The lowest BCUT2D eigenvalue weighted by atomic mass is 9.90. The number of fused-ring (bicyclic) bond motifs is 3. The fraction of sp³-hybridized carbons (Fsp3) is 0.240. The molecule has 32 heavy (non-hydrogen) atoms. The van der Waals surface area contributed by atoms with E-state index in [0.717, 1.165) is 22.3 Å². The number of nitrogens with zero attached hydrogens (tertiary/aromatic N) is 2. The highest BCUT2D eigenvalue weighted by Crippen LogP contribution is 2.44. The van der Waals surface area contributed by atoms with Crippen LogP contribution in [-0.2, 0) is 9.53 Å². The van der Waals surface area contributed by atoms with Gasteiger partial charge in [0.05, 0.1) is 5.92 Å². The van der Waals surface area contributed by atoms with Gasteiger partial charge in [0.1, 0.15) is 6.61 Å². The van der Waals surface area contributed by atoms with Crippen LogP contribution in [0.2, 0.25) is 0 Å². The number of carbonyl (C=O) groups excluding carboxylic acids is 1. The number of rotatable bonds is 4. The smallest absolute Gasteiger partial charge is 0.409 e. The second-order valence-corrected chi connectivity index (χ2v) is 8.17. The van der Waals surface area contributed by atoms with E-state index in [2.05, 4.69) is 17.1 Å². The third-order valence-electron chi connectivity index (χ3n) is 6.41. The molecule has 6 nitrogen and oxygen atoms in total. The molecule has 1 amide bonds. The number of aromatic nitrogens is 1. The molecule has 162 valence electrons. The maximum absolute atomic E-state index is 13.2. The Morgan fingerprint density at radius 2 is 1.66 bits per heavy atom. The molecule has 3 aromatic rings. The van der Waals surface area contributed by atoms with Crippen molar-refractivity contribution in [3.63, 3.8) is 0 Å². The zero-order chi connectivity index (χ0) is 22.2. The van der Waals surface area contributed by atoms with Crippen molar-refractivity contribution >= 4 is 12.1 Å². The van der Waals surface area contributed by atoms with E-state index in [1.807, 2.05) is 36.4 Å². The zero-order valence-corrected chi connectivity index (χ0v) is 17.1. The predicted molar refractivity (Wildman–Crippen MR) is 115 cm³/mol. The van der Waals surface area contributed by atoms with Gasteiger partial charge in [-0.1, -0.05) is 54.6 Å². The lowest BCUT2D eigenvalue weighted by Gasteiger charge is -2.19. The fourth-order valence-corrected chi connectivity index (χ4v) is 4.83. The van der Waals surface area contributed by atoms with Crippen molar-refractivity contribution in [2.24, 2.45) is 5.92 Å². The van der Waals surface area contributed by atoms with E-state index in [9.17, 15) is 19.1 Å². The molecule has 1 N–H and O–H groups in total. The quantitative estimate of drug-likeness (QED) is 0.623. The molecule has 7 heteroatoms. The van der Waals surface area contributed by atoms with E-state index in [1.165, 1.54) is 23.2 Å². The fourth-order valence-electron chi connectivity index (χ4n) is 4.83. The molecular formula is C25H21FN2O4. The van der Waals surface area contributed by atoms with Crippen LogP contribution in [0.5, 0.6) is 0 Å². The van der Waals surface area contributed by atoms with Gasteiger partial charge in [0.25, 0.3) is 0 Å². The molecule has 2 aromatic carbocycles. The van der Waals surface area contributed by atoms with E-state index in [0.29, 0.717) is 5.56 Å². The lowest BCUT2D eigenvalue weighted by Crippen LogP contribution is -2.31. The van der Waals surface area contributed by atoms with Crippen LogP contribution >= 0.6 is 0 Å². The summed E-state index contributed by atoms with van der Waals surface area (Å²) in [5, 5.41) is 9.65. The predicted octanol–water partition coefficient (Wildman–Crippen LogP) is 4.27. The van der Waals surface area contributed by atoms with Crippen molar-refractivity contribution in [3.05, 3.63) is 89.5 Å². The molecule has 1 aromatic heterocycles. The second kappa shape index (κ2) is 8.07. The molecule has 2 unspecified atom stereocenters. The minimum atomic E-state index is -1.01. The molecule has 0 saturated carbocycles. The summed E-state index contributed by atoms with van der Waals surface area (Å²) in [6.45, 7) is 0.388. The number of aliphatic carboxylic acids is 1. The topological polar surface area (TPSA) is 79.7 Å². The third-order valence-corrected chi connectivity index (χ3v) is 6.41. The normalized spacial score (nSPS) is 19.5. The van der Waals surface area contributed by atoms with Crippen LogP contribution in [0.25, 0.3) is 11.1 Å². The van der Waals surface area contributed by atoms with Gasteiger partial charge < -0.3 is 14.7 Å². The summed E-state index contributed by atoms with van der Waals surface area (Å²) in [4.78, 5) is 29.7. The van der Waals surface area contributed by atoms with E-state index in [1.54, 1.807) is 0 Å². The Labute approximate surface area is 184 Å². The molecular weight excluding hydrogens is 411 g/mol. The highest BCUT2D eigenvalue weighted by molar-refractivity contribution is 5.79. The van der Waals surface area contributed by atoms with Gasteiger partial charge in [0.2, 0.25) is 5.95 Å². The molecule has 1 aliphatic carbocycles. The number of carbonyl (C=O) groups is 2. The van der Waals surface area contributed by atoms with Crippen LogP contribution in [-0.4, -0.2) is 46.7 Å². The van der Waals surface area contributed by atoms with Crippen molar-refractivity contribution < 1.29 is 23.8 Å². The SMILES string of the molecule is O=C(O)C1CN(C(=O)OCC2c3ccccc3-c3ccccc32)CC1c1ccc(F)nc1. The average Bonchev–Trinajstić information content (AvgIpc) is 3.39. The van der Waals surface area contributed by atoms with Gasteiger partial charge in [-0.3, -0.25) is 4.79 Å². The monoisotopic (exact) mass is 432 g/mol. The molecule has 2 aliphatic rings. The number of halogens is 1. The Morgan fingerprint density at radius 1 is 1.00 bits per heavy atom. The van der Waals surface area contributed by atoms with E-state index >= 15 is 0 Å².